The normalized spacial score (nSPS) is 14.8. The molecule has 0 saturated carbocycles. The molecule has 14 heteroatoms. The summed E-state index contributed by atoms with van der Waals surface area (Å²) in [6, 6.07) is 13.3. The van der Waals surface area contributed by atoms with E-state index in [1.165, 1.54) is 18.4 Å². The van der Waals surface area contributed by atoms with Crippen molar-refractivity contribution >= 4 is 50.6 Å². The molecule has 0 spiro atoms. The second-order valence-electron chi connectivity index (χ2n) is 8.96. The highest BCUT2D eigenvalue weighted by Crippen LogP contribution is 2.32. The van der Waals surface area contributed by atoms with Crippen LogP contribution in [0.1, 0.15) is 28.8 Å². The molecule has 0 radical (unpaired) electrons. The molecule has 1 fully saturated rings. The molecular formula is C26H26BrN5O8. The van der Waals surface area contributed by atoms with Gasteiger partial charge in [-0.15, -0.1) is 0 Å². The molecule has 4 heterocycles. The third-order valence-electron chi connectivity index (χ3n) is 6.12. The van der Waals surface area contributed by atoms with Gasteiger partial charge in [-0.2, -0.15) is 5.10 Å². The van der Waals surface area contributed by atoms with Gasteiger partial charge in [-0.25, -0.2) is 14.6 Å². The maximum Gasteiger partial charge on any atom is 0.335 e. The van der Waals surface area contributed by atoms with Gasteiger partial charge in [0.1, 0.15) is 5.69 Å². The molecule has 6 N–H and O–H groups in total. The number of anilines is 1. The lowest BCUT2D eigenvalue weighted by Crippen LogP contribution is -2.39. The number of amides is 1. The summed E-state index contributed by atoms with van der Waals surface area (Å²) in [5.74, 6) is -2.65. The van der Waals surface area contributed by atoms with E-state index in [0.29, 0.717) is 28.5 Å². The minimum atomic E-state index is -2.27. The Labute approximate surface area is 235 Å². The number of carbonyl (C=O) groups excluding carboxylic acids is 1. The highest BCUT2D eigenvalue weighted by atomic mass is 79.9. The van der Waals surface area contributed by atoms with Crippen molar-refractivity contribution in [1.29, 1.82) is 0 Å². The predicted molar refractivity (Wildman–Crippen MR) is 145 cm³/mol. The van der Waals surface area contributed by atoms with Crippen molar-refractivity contribution in [1.82, 2.24) is 20.1 Å². The van der Waals surface area contributed by atoms with E-state index in [1.807, 2.05) is 42.5 Å². The number of rotatable bonds is 8. The topological polar surface area (TPSA) is 202 Å². The molecule has 1 saturated heterocycles. The third-order valence-corrected chi connectivity index (χ3v) is 6.72. The van der Waals surface area contributed by atoms with E-state index in [-0.39, 0.29) is 5.91 Å². The van der Waals surface area contributed by atoms with Crippen molar-refractivity contribution in [2.24, 2.45) is 0 Å². The third kappa shape index (κ3) is 6.90. The molecule has 1 aromatic carbocycles. The zero-order valence-electron chi connectivity index (χ0n) is 21.0. The van der Waals surface area contributed by atoms with Gasteiger partial charge in [0.15, 0.2) is 29.4 Å². The van der Waals surface area contributed by atoms with Gasteiger partial charge in [-0.1, -0.05) is 12.1 Å². The summed E-state index contributed by atoms with van der Waals surface area (Å²) in [5, 5.41) is 43.2. The van der Waals surface area contributed by atoms with E-state index in [1.54, 1.807) is 6.26 Å². The molecule has 5 rings (SSSR count). The van der Waals surface area contributed by atoms with Crippen molar-refractivity contribution in [2.45, 2.75) is 31.6 Å². The molecule has 4 aromatic rings. The van der Waals surface area contributed by atoms with Crippen molar-refractivity contribution in [3.05, 3.63) is 64.3 Å². The van der Waals surface area contributed by atoms with Crippen LogP contribution in [0.5, 0.6) is 0 Å². The van der Waals surface area contributed by atoms with Gasteiger partial charge in [0.2, 0.25) is 0 Å². The first-order valence-corrected chi connectivity index (χ1v) is 13.0. The minimum absolute atomic E-state index is 0.206. The number of carboxylic acid groups (broad SMARTS) is 2. The van der Waals surface area contributed by atoms with Crippen LogP contribution in [0.25, 0.3) is 22.5 Å². The fourth-order valence-corrected chi connectivity index (χ4v) is 4.53. The van der Waals surface area contributed by atoms with Crippen molar-refractivity contribution in [3.8, 4) is 11.5 Å². The maximum atomic E-state index is 12.7. The number of hydrogen-bond acceptors (Lipinski definition) is 9. The Morgan fingerprint density at radius 3 is 2.27 bits per heavy atom. The molecule has 40 heavy (non-hydrogen) atoms. The summed E-state index contributed by atoms with van der Waals surface area (Å²) in [6.07, 6.45) is -0.393. The van der Waals surface area contributed by atoms with Crippen LogP contribution in [0.2, 0.25) is 0 Å². The highest BCUT2D eigenvalue weighted by molar-refractivity contribution is 9.10. The smallest absolute Gasteiger partial charge is 0.335 e. The monoisotopic (exact) mass is 615 g/mol. The maximum absolute atomic E-state index is 12.7. The highest BCUT2D eigenvalue weighted by Gasteiger charge is 2.29. The molecular weight excluding hydrogens is 590 g/mol. The predicted octanol–water partition coefficient (Wildman–Crippen LogP) is 2.71. The van der Waals surface area contributed by atoms with Crippen LogP contribution in [0.4, 0.5) is 5.82 Å². The Bertz CT molecular complexity index is 1470. The van der Waals surface area contributed by atoms with Gasteiger partial charge in [-0.05, 0) is 77.8 Å². The first-order chi connectivity index (χ1) is 19.1. The Hall–Kier alpha value is -4.11. The number of benzene rings is 1. The van der Waals surface area contributed by atoms with E-state index >= 15 is 0 Å². The van der Waals surface area contributed by atoms with Crippen LogP contribution in [0.15, 0.2) is 57.6 Å². The summed E-state index contributed by atoms with van der Waals surface area (Å²) >= 11 is 3.53. The summed E-state index contributed by atoms with van der Waals surface area (Å²) < 4.78 is 6.19. The lowest BCUT2D eigenvalue weighted by atomic mass is 10.1. The fraction of sp³-hybridized carbons (Fsp3) is 0.269. The molecule has 1 aliphatic heterocycles. The largest absolute Gasteiger partial charge is 0.479 e. The van der Waals surface area contributed by atoms with E-state index in [0.717, 1.165) is 29.5 Å². The van der Waals surface area contributed by atoms with E-state index in [4.69, 9.17) is 24.8 Å². The molecule has 0 unspecified atom stereocenters. The number of carbonyl (C=O) groups is 3. The summed E-state index contributed by atoms with van der Waals surface area (Å²) in [4.78, 5) is 39.3. The zero-order chi connectivity index (χ0) is 28.8. The van der Waals surface area contributed by atoms with Crippen molar-refractivity contribution in [2.75, 3.05) is 18.4 Å². The minimum Gasteiger partial charge on any atom is -0.479 e. The summed E-state index contributed by atoms with van der Waals surface area (Å²) in [6.45, 7) is 3.24. The van der Waals surface area contributed by atoms with E-state index < -0.39 is 24.1 Å². The van der Waals surface area contributed by atoms with Gasteiger partial charge in [0.25, 0.3) is 5.91 Å². The molecule has 0 bridgehead atoms. The number of carboxylic acids is 2. The number of nitrogens with zero attached hydrogens (tertiary/aromatic N) is 3. The first-order valence-electron chi connectivity index (χ1n) is 12.2. The average Bonchev–Trinajstić information content (AvgIpc) is 3.72. The van der Waals surface area contributed by atoms with Gasteiger partial charge in [0, 0.05) is 16.6 Å². The zero-order valence-corrected chi connectivity index (χ0v) is 22.5. The van der Waals surface area contributed by atoms with Gasteiger partial charge < -0.3 is 30.2 Å². The number of aliphatic hydroxyl groups is 2. The number of hydrogen-bond donors (Lipinski definition) is 6. The standard InChI is InChI=1S/C22H20BrN5O2.C4H6O6/c23-17-12-16-20(24-19(17)18-4-3-11-30-18)26-27-21(16)25-22(29)15-7-5-14(6-8-15)13-28-9-1-2-10-28;5-1(3(7)8)2(6)4(9)10/h3-8,11-12H,1-2,9-10,13H2,(H2,24,25,26,27,29);1-2,5-6H,(H,7,8)(H,9,10)/t;1-,2-/m.1/s1. The molecule has 2 atom stereocenters. The summed E-state index contributed by atoms with van der Waals surface area (Å²) in [7, 11) is 0. The fourth-order valence-electron chi connectivity index (χ4n) is 4.02. The molecule has 210 valence electrons. The Balaban J connectivity index is 0.000000318. The number of aliphatic carboxylic acids is 2. The number of aromatic nitrogens is 3. The Morgan fingerprint density at radius 1 is 1.05 bits per heavy atom. The number of likely N-dealkylation sites (tertiary alicyclic amines) is 1. The van der Waals surface area contributed by atoms with Crippen LogP contribution in [-0.4, -0.2) is 83.7 Å². The van der Waals surface area contributed by atoms with Gasteiger partial charge in [-0.3, -0.25) is 14.8 Å². The molecule has 3 aromatic heterocycles. The van der Waals surface area contributed by atoms with Crippen LogP contribution in [0.3, 0.4) is 0 Å². The molecule has 0 aliphatic carbocycles. The lowest BCUT2D eigenvalue weighted by Gasteiger charge is -2.14. The quantitative estimate of drug-likeness (QED) is 0.170. The van der Waals surface area contributed by atoms with Crippen LogP contribution in [-0.2, 0) is 16.1 Å². The Kier molecular flexibility index (Phi) is 9.26. The number of fused-ring (bicyclic) bond motifs is 1. The summed E-state index contributed by atoms with van der Waals surface area (Å²) in [5.41, 5.74) is 3.05. The number of halogens is 1. The van der Waals surface area contributed by atoms with Crippen LogP contribution < -0.4 is 5.32 Å². The van der Waals surface area contributed by atoms with E-state index in [9.17, 15) is 14.4 Å². The van der Waals surface area contributed by atoms with Crippen LogP contribution in [0, 0.1) is 0 Å². The lowest BCUT2D eigenvalue weighted by molar-refractivity contribution is -0.165. The molecule has 1 aliphatic rings. The van der Waals surface area contributed by atoms with E-state index in [2.05, 4.69) is 41.3 Å². The number of furan rings is 1. The van der Waals surface area contributed by atoms with Gasteiger partial charge >= 0.3 is 11.9 Å². The SMILES string of the molecule is O=C(Nc1n[nH]c2nc(-c3ccco3)c(Br)cc12)c1ccc(CN2CCCC2)cc1.O=C(O)[C@H](O)[C@@H](O)C(=O)O. The Morgan fingerprint density at radius 2 is 1.70 bits per heavy atom. The number of nitrogens with one attached hydrogen (secondary N) is 2. The van der Waals surface area contributed by atoms with Gasteiger partial charge in [0.05, 0.1) is 11.6 Å². The second kappa shape index (κ2) is 12.8. The number of aromatic amines is 1. The van der Waals surface area contributed by atoms with Crippen molar-refractivity contribution in [3.63, 3.8) is 0 Å². The van der Waals surface area contributed by atoms with Crippen molar-refractivity contribution < 1.29 is 39.2 Å². The number of pyridine rings is 1. The number of H-pyrrole nitrogens is 1. The second-order valence-corrected chi connectivity index (χ2v) is 9.82. The number of aliphatic hydroxyl groups excluding tert-OH is 2. The van der Waals surface area contributed by atoms with Crippen LogP contribution >= 0.6 is 15.9 Å². The molecule has 13 nitrogen and oxygen atoms in total. The average molecular weight is 616 g/mol. The first kappa shape index (κ1) is 28.9. The molecule has 1 amide bonds.